The lowest BCUT2D eigenvalue weighted by Gasteiger charge is -2.21. The SMILES string of the molecule is Cc1ccc(S(=O)(=O)Oc2ccccc2C(OCCCOc2ccccc2)OCCCOc2ccccc2)cc1. The van der Waals surface area contributed by atoms with Crippen LogP contribution in [0, 0.1) is 6.92 Å². The zero-order valence-electron chi connectivity index (χ0n) is 22.5. The Morgan fingerprint density at radius 3 is 1.65 bits per heavy atom. The fourth-order valence-corrected chi connectivity index (χ4v) is 4.72. The first-order chi connectivity index (χ1) is 19.5. The molecule has 0 amide bonds. The highest BCUT2D eigenvalue weighted by molar-refractivity contribution is 7.87. The molecule has 210 valence electrons. The molecule has 0 bridgehead atoms. The van der Waals surface area contributed by atoms with Crippen LogP contribution in [0.5, 0.6) is 17.2 Å². The van der Waals surface area contributed by atoms with Crippen LogP contribution in [0.15, 0.2) is 114 Å². The van der Waals surface area contributed by atoms with Gasteiger partial charge in [-0.3, -0.25) is 0 Å². The molecule has 7 nitrogen and oxygen atoms in total. The van der Waals surface area contributed by atoms with Gasteiger partial charge in [0, 0.05) is 12.8 Å². The summed E-state index contributed by atoms with van der Waals surface area (Å²) in [6.07, 6.45) is 0.366. The van der Waals surface area contributed by atoms with Crippen LogP contribution in [0.25, 0.3) is 0 Å². The fraction of sp³-hybridized carbons (Fsp3) is 0.250. The third-order valence-corrected chi connectivity index (χ3v) is 7.07. The summed E-state index contributed by atoms with van der Waals surface area (Å²) >= 11 is 0. The predicted molar refractivity (Wildman–Crippen MR) is 153 cm³/mol. The second kappa shape index (κ2) is 15.1. The van der Waals surface area contributed by atoms with E-state index >= 15 is 0 Å². The quantitative estimate of drug-likeness (QED) is 0.0851. The number of rotatable bonds is 16. The maximum Gasteiger partial charge on any atom is 0.339 e. The van der Waals surface area contributed by atoms with Gasteiger partial charge in [0.15, 0.2) is 12.0 Å². The summed E-state index contributed by atoms with van der Waals surface area (Å²) < 4.78 is 55.3. The van der Waals surface area contributed by atoms with Gasteiger partial charge in [0.2, 0.25) is 0 Å². The van der Waals surface area contributed by atoms with E-state index in [0.717, 1.165) is 17.1 Å². The van der Waals surface area contributed by atoms with Crippen molar-refractivity contribution in [2.24, 2.45) is 0 Å². The van der Waals surface area contributed by atoms with Gasteiger partial charge in [-0.1, -0.05) is 72.3 Å². The lowest BCUT2D eigenvalue weighted by atomic mass is 10.2. The average Bonchev–Trinajstić information content (AvgIpc) is 2.97. The van der Waals surface area contributed by atoms with Crippen molar-refractivity contribution < 1.29 is 31.5 Å². The van der Waals surface area contributed by atoms with Crippen molar-refractivity contribution in [2.45, 2.75) is 31.0 Å². The highest BCUT2D eigenvalue weighted by Crippen LogP contribution is 2.31. The first kappa shape index (κ1) is 29.1. The monoisotopic (exact) mass is 562 g/mol. The molecular formula is C32H34O7S. The minimum absolute atomic E-state index is 0.0717. The molecule has 4 aromatic carbocycles. The van der Waals surface area contributed by atoms with Crippen molar-refractivity contribution in [1.82, 2.24) is 0 Å². The van der Waals surface area contributed by atoms with Gasteiger partial charge >= 0.3 is 10.1 Å². The van der Waals surface area contributed by atoms with E-state index in [1.54, 1.807) is 36.4 Å². The molecule has 0 aromatic heterocycles. The van der Waals surface area contributed by atoms with Crippen LogP contribution in [-0.4, -0.2) is 34.8 Å². The van der Waals surface area contributed by atoms with Gasteiger partial charge < -0.3 is 23.1 Å². The van der Waals surface area contributed by atoms with E-state index in [1.165, 1.54) is 12.1 Å². The summed E-state index contributed by atoms with van der Waals surface area (Å²) in [5.41, 5.74) is 1.43. The molecule has 0 unspecified atom stereocenters. The van der Waals surface area contributed by atoms with Crippen LogP contribution >= 0.6 is 0 Å². The second-order valence-electron chi connectivity index (χ2n) is 8.99. The van der Waals surface area contributed by atoms with Crippen LogP contribution in [0.4, 0.5) is 0 Å². The Labute approximate surface area is 236 Å². The smallest absolute Gasteiger partial charge is 0.339 e. The van der Waals surface area contributed by atoms with Gasteiger partial charge in [0.1, 0.15) is 16.4 Å². The van der Waals surface area contributed by atoms with Crippen LogP contribution in [0.3, 0.4) is 0 Å². The molecule has 0 N–H and O–H groups in total. The minimum Gasteiger partial charge on any atom is -0.494 e. The Morgan fingerprint density at radius 2 is 1.10 bits per heavy atom. The van der Waals surface area contributed by atoms with Gasteiger partial charge in [-0.15, -0.1) is 0 Å². The summed E-state index contributed by atoms with van der Waals surface area (Å²) in [6, 6.07) is 32.4. The summed E-state index contributed by atoms with van der Waals surface area (Å²) in [4.78, 5) is 0.0717. The van der Waals surface area contributed by atoms with E-state index in [2.05, 4.69) is 0 Å². The third kappa shape index (κ3) is 9.12. The maximum absolute atomic E-state index is 13.0. The maximum atomic E-state index is 13.0. The summed E-state index contributed by atoms with van der Waals surface area (Å²) in [5.74, 6) is 1.72. The fourth-order valence-electron chi connectivity index (χ4n) is 3.76. The summed E-state index contributed by atoms with van der Waals surface area (Å²) in [6.45, 7) is 3.47. The first-order valence-electron chi connectivity index (χ1n) is 13.2. The summed E-state index contributed by atoms with van der Waals surface area (Å²) in [5, 5.41) is 0. The highest BCUT2D eigenvalue weighted by Gasteiger charge is 2.23. The largest absolute Gasteiger partial charge is 0.494 e. The van der Waals surface area contributed by atoms with Gasteiger partial charge in [-0.2, -0.15) is 8.42 Å². The topological polar surface area (TPSA) is 80.3 Å². The Morgan fingerprint density at radius 1 is 0.600 bits per heavy atom. The van der Waals surface area contributed by atoms with E-state index in [-0.39, 0.29) is 10.6 Å². The molecule has 4 rings (SSSR count). The normalized spacial score (nSPS) is 11.3. The van der Waals surface area contributed by atoms with Crippen LogP contribution < -0.4 is 13.7 Å². The molecule has 8 heteroatoms. The number of benzene rings is 4. The van der Waals surface area contributed by atoms with Gasteiger partial charge in [0.05, 0.1) is 32.0 Å². The molecule has 0 aliphatic carbocycles. The van der Waals surface area contributed by atoms with Crippen molar-refractivity contribution in [3.63, 3.8) is 0 Å². The molecule has 0 fully saturated rings. The molecule has 40 heavy (non-hydrogen) atoms. The first-order valence-corrected chi connectivity index (χ1v) is 14.6. The zero-order chi connectivity index (χ0) is 28.0. The van der Waals surface area contributed by atoms with Crippen LogP contribution in [0.1, 0.15) is 30.3 Å². The van der Waals surface area contributed by atoms with Crippen molar-refractivity contribution in [3.8, 4) is 17.2 Å². The molecule has 0 saturated heterocycles. The number of hydrogen-bond donors (Lipinski definition) is 0. The Hall–Kier alpha value is -3.85. The Kier molecular flexibility index (Phi) is 11.0. The molecule has 0 aliphatic heterocycles. The highest BCUT2D eigenvalue weighted by atomic mass is 32.2. The van der Waals surface area contributed by atoms with Crippen molar-refractivity contribution in [2.75, 3.05) is 26.4 Å². The van der Waals surface area contributed by atoms with Crippen molar-refractivity contribution >= 4 is 10.1 Å². The standard InChI is InChI=1S/C32H34O7S/c1-26-18-20-29(21-19-26)40(33,34)39-31-17-9-8-16-30(31)32(37-24-10-22-35-27-12-4-2-5-13-27)38-25-11-23-36-28-14-6-3-7-15-28/h2-9,12-21,32H,10-11,22-25H2,1H3. The lowest BCUT2D eigenvalue weighted by Crippen LogP contribution is -2.17. The molecule has 0 atom stereocenters. The van der Waals surface area contributed by atoms with Crippen LogP contribution in [-0.2, 0) is 19.6 Å². The molecule has 0 radical (unpaired) electrons. The lowest BCUT2D eigenvalue weighted by molar-refractivity contribution is -0.150. The van der Waals surface area contributed by atoms with E-state index in [4.69, 9.17) is 23.1 Å². The van der Waals surface area contributed by atoms with Crippen LogP contribution in [0.2, 0.25) is 0 Å². The van der Waals surface area contributed by atoms with Gasteiger partial charge in [0.25, 0.3) is 0 Å². The molecule has 4 aromatic rings. The molecule has 0 saturated carbocycles. The second-order valence-corrected chi connectivity index (χ2v) is 10.5. The molecule has 0 heterocycles. The third-order valence-electron chi connectivity index (χ3n) is 5.82. The van der Waals surface area contributed by atoms with Gasteiger partial charge in [-0.05, 0) is 49.4 Å². The number of ether oxygens (including phenoxy) is 4. The molecular weight excluding hydrogens is 528 g/mol. The number of aryl methyl sites for hydroxylation is 1. The van der Waals surface area contributed by atoms with E-state index in [9.17, 15) is 8.42 Å². The number of para-hydroxylation sites is 3. The minimum atomic E-state index is -4.06. The Balaban J connectivity index is 1.40. The average molecular weight is 563 g/mol. The zero-order valence-corrected chi connectivity index (χ0v) is 23.3. The van der Waals surface area contributed by atoms with E-state index in [1.807, 2.05) is 67.6 Å². The summed E-state index contributed by atoms with van der Waals surface area (Å²) in [7, 11) is -4.06. The number of hydrogen-bond acceptors (Lipinski definition) is 7. The predicted octanol–water partition coefficient (Wildman–Crippen LogP) is 6.73. The molecule has 0 aliphatic rings. The van der Waals surface area contributed by atoms with Crippen molar-refractivity contribution in [1.29, 1.82) is 0 Å². The Bertz CT molecular complexity index is 1340. The van der Waals surface area contributed by atoms with E-state index < -0.39 is 16.4 Å². The molecule has 0 spiro atoms. The van der Waals surface area contributed by atoms with Gasteiger partial charge in [-0.25, -0.2) is 0 Å². The van der Waals surface area contributed by atoms with E-state index in [0.29, 0.717) is 44.8 Å². The van der Waals surface area contributed by atoms with Crippen molar-refractivity contribution in [3.05, 3.63) is 120 Å².